The molecule has 0 unspecified atom stereocenters. The van der Waals surface area contributed by atoms with Crippen molar-refractivity contribution in [3.8, 4) is 0 Å². The van der Waals surface area contributed by atoms with E-state index in [0.29, 0.717) is 26.2 Å². The lowest BCUT2D eigenvalue weighted by molar-refractivity contribution is -0.126. The Labute approximate surface area is 170 Å². The number of aryl methyl sites for hydroxylation is 2. The van der Waals surface area contributed by atoms with Gasteiger partial charge in [0.15, 0.2) is 0 Å². The molecule has 154 valence electrons. The summed E-state index contributed by atoms with van der Waals surface area (Å²) in [5.41, 5.74) is 1.64. The fraction of sp³-hybridized carbons (Fsp3) is 0.500. The van der Waals surface area contributed by atoms with Crippen LogP contribution in [0.2, 0.25) is 0 Å². The number of rotatable bonds is 3. The van der Waals surface area contributed by atoms with Crippen LogP contribution in [0.25, 0.3) is 0 Å². The molecule has 0 spiro atoms. The van der Waals surface area contributed by atoms with Crippen LogP contribution in [0.4, 0.5) is 16.3 Å². The number of anilines is 2. The van der Waals surface area contributed by atoms with Crippen molar-refractivity contribution >= 4 is 23.4 Å². The molecule has 0 saturated carbocycles. The van der Waals surface area contributed by atoms with E-state index in [-0.39, 0.29) is 18.0 Å². The maximum absolute atomic E-state index is 13.2. The van der Waals surface area contributed by atoms with Crippen molar-refractivity contribution in [3.63, 3.8) is 0 Å². The second-order valence-corrected chi connectivity index (χ2v) is 7.60. The smallest absolute Gasteiger partial charge is 0.321 e. The second kappa shape index (κ2) is 8.20. The Kier molecular flexibility index (Phi) is 5.48. The molecule has 2 aliphatic rings. The number of hydrogen-bond donors (Lipinski definition) is 1. The van der Waals surface area contributed by atoms with Crippen LogP contribution in [0.15, 0.2) is 30.6 Å². The Balaban J connectivity index is 1.36. The first-order valence-corrected chi connectivity index (χ1v) is 10.0. The van der Waals surface area contributed by atoms with Crippen LogP contribution in [0.5, 0.6) is 0 Å². The van der Waals surface area contributed by atoms with E-state index in [1.165, 1.54) is 0 Å². The highest BCUT2D eigenvalue weighted by atomic mass is 16.2. The van der Waals surface area contributed by atoms with Gasteiger partial charge in [0.2, 0.25) is 5.91 Å². The number of urea groups is 1. The first-order chi connectivity index (χ1) is 14.0. The van der Waals surface area contributed by atoms with Gasteiger partial charge in [-0.05, 0) is 31.9 Å². The first kappa shape index (κ1) is 19.4. The number of piperazine rings is 1. The standard InChI is InChI=1S/C20H27N7O2/c1-15-14-18(24(2)23-15)27-9-3-4-17(19(27)28)25-10-12-26(13-11-25)20(29)22-16-5-7-21-8-6-16/h5-8,14,17H,3-4,9-13H2,1-2H3,(H,21,22,29)/t17-/m1/s1. The summed E-state index contributed by atoms with van der Waals surface area (Å²) < 4.78 is 1.77. The normalized spacial score (nSPS) is 20.8. The zero-order valence-corrected chi connectivity index (χ0v) is 16.9. The minimum absolute atomic E-state index is 0.113. The summed E-state index contributed by atoms with van der Waals surface area (Å²) in [5, 5.41) is 7.27. The number of nitrogens with one attached hydrogen (secondary N) is 1. The molecule has 0 aromatic carbocycles. The topological polar surface area (TPSA) is 86.6 Å². The number of nitrogens with zero attached hydrogens (tertiary/aromatic N) is 6. The van der Waals surface area contributed by atoms with Crippen LogP contribution in [0.1, 0.15) is 18.5 Å². The third-order valence-electron chi connectivity index (χ3n) is 5.64. The molecule has 2 saturated heterocycles. The average molecular weight is 397 g/mol. The van der Waals surface area contributed by atoms with Gasteiger partial charge in [0.05, 0.1) is 11.7 Å². The summed E-state index contributed by atoms with van der Waals surface area (Å²) in [6, 6.07) is 5.25. The van der Waals surface area contributed by atoms with E-state index in [0.717, 1.165) is 36.6 Å². The molecule has 0 radical (unpaired) electrons. The number of carbonyl (C=O) groups is 2. The summed E-state index contributed by atoms with van der Waals surface area (Å²) in [7, 11) is 1.87. The van der Waals surface area contributed by atoms with Gasteiger partial charge < -0.3 is 10.2 Å². The van der Waals surface area contributed by atoms with E-state index in [4.69, 9.17) is 0 Å². The molecule has 0 bridgehead atoms. The van der Waals surface area contributed by atoms with Gasteiger partial charge in [-0.2, -0.15) is 5.10 Å². The van der Waals surface area contributed by atoms with Crippen molar-refractivity contribution in [2.45, 2.75) is 25.8 Å². The lowest BCUT2D eigenvalue weighted by Crippen LogP contribution is -2.59. The molecule has 29 heavy (non-hydrogen) atoms. The molecular weight excluding hydrogens is 370 g/mol. The van der Waals surface area contributed by atoms with Crippen LogP contribution < -0.4 is 10.2 Å². The fourth-order valence-electron chi connectivity index (χ4n) is 4.15. The number of hydrogen-bond acceptors (Lipinski definition) is 5. The van der Waals surface area contributed by atoms with Crippen molar-refractivity contribution in [2.24, 2.45) is 7.05 Å². The quantitative estimate of drug-likeness (QED) is 0.848. The number of piperidine rings is 1. The summed E-state index contributed by atoms with van der Waals surface area (Å²) >= 11 is 0. The molecule has 2 aliphatic heterocycles. The molecule has 9 heteroatoms. The molecule has 4 rings (SSSR count). The largest absolute Gasteiger partial charge is 0.322 e. The van der Waals surface area contributed by atoms with Gasteiger partial charge in [-0.15, -0.1) is 0 Å². The molecule has 2 aromatic heterocycles. The van der Waals surface area contributed by atoms with Crippen molar-refractivity contribution in [2.75, 3.05) is 42.9 Å². The van der Waals surface area contributed by atoms with E-state index >= 15 is 0 Å². The summed E-state index contributed by atoms with van der Waals surface area (Å²) in [4.78, 5) is 35.5. The Hall–Kier alpha value is -2.94. The van der Waals surface area contributed by atoms with Crippen molar-refractivity contribution < 1.29 is 9.59 Å². The van der Waals surface area contributed by atoms with Gasteiger partial charge in [0.1, 0.15) is 5.82 Å². The highest BCUT2D eigenvalue weighted by molar-refractivity contribution is 5.97. The van der Waals surface area contributed by atoms with E-state index in [2.05, 4.69) is 20.3 Å². The third kappa shape index (κ3) is 4.09. The van der Waals surface area contributed by atoms with Crippen LogP contribution in [-0.4, -0.2) is 75.3 Å². The molecule has 9 nitrogen and oxygen atoms in total. The van der Waals surface area contributed by atoms with Crippen molar-refractivity contribution in [1.82, 2.24) is 24.6 Å². The third-order valence-corrected chi connectivity index (χ3v) is 5.64. The molecule has 2 fully saturated rings. The zero-order valence-electron chi connectivity index (χ0n) is 16.9. The van der Waals surface area contributed by atoms with Gasteiger partial charge in [-0.25, -0.2) is 4.79 Å². The summed E-state index contributed by atoms with van der Waals surface area (Å²) in [5.74, 6) is 0.988. The highest BCUT2D eigenvalue weighted by Gasteiger charge is 2.36. The highest BCUT2D eigenvalue weighted by Crippen LogP contribution is 2.25. The van der Waals surface area contributed by atoms with Gasteiger partial charge in [0.25, 0.3) is 0 Å². The van der Waals surface area contributed by atoms with Crippen LogP contribution >= 0.6 is 0 Å². The predicted molar refractivity (Wildman–Crippen MR) is 110 cm³/mol. The SMILES string of the molecule is Cc1cc(N2CCC[C@@H](N3CCN(C(=O)Nc4ccncc4)CC3)C2=O)n(C)n1. The molecule has 3 amide bonds. The number of amides is 3. The summed E-state index contributed by atoms with van der Waals surface area (Å²) in [6.07, 6.45) is 5.12. The van der Waals surface area contributed by atoms with Gasteiger partial charge in [0, 0.05) is 63.9 Å². The van der Waals surface area contributed by atoms with E-state index < -0.39 is 0 Å². The van der Waals surface area contributed by atoms with E-state index in [9.17, 15) is 9.59 Å². The molecule has 1 atom stereocenters. The Morgan fingerprint density at radius 2 is 1.86 bits per heavy atom. The van der Waals surface area contributed by atoms with Crippen LogP contribution in [0, 0.1) is 6.92 Å². The second-order valence-electron chi connectivity index (χ2n) is 7.60. The van der Waals surface area contributed by atoms with Crippen LogP contribution in [0.3, 0.4) is 0 Å². The minimum Gasteiger partial charge on any atom is -0.322 e. The lowest BCUT2D eigenvalue weighted by Gasteiger charge is -2.42. The van der Waals surface area contributed by atoms with Gasteiger partial charge >= 0.3 is 6.03 Å². The Bertz CT molecular complexity index is 874. The Morgan fingerprint density at radius 3 is 2.52 bits per heavy atom. The predicted octanol–water partition coefficient (Wildman–Crippen LogP) is 1.47. The molecule has 2 aromatic rings. The number of pyridine rings is 1. The first-order valence-electron chi connectivity index (χ1n) is 10.0. The van der Waals surface area contributed by atoms with Crippen molar-refractivity contribution in [3.05, 3.63) is 36.3 Å². The fourth-order valence-corrected chi connectivity index (χ4v) is 4.15. The van der Waals surface area contributed by atoms with E-state index in [1.807, 2.05) is 24.9 Å². The number of carbonyl (C=O) groups excluding carboxylic acids is 2. The maximum Gasteiger partial charge on any atom is 0.321 e. The number of aromatic nitrogens is 3. The monoisotopic (exact) mass is 397 g/mol. The molecule has 0 aliphatic carbocycles. The van der Waals surface area contributed by atoms with Gasteiger partial charge in [-0.3, -0.25) is 24.3 Å². The van der Waals surface area contributed by atoms with Crippen LogP contribution in [-0.2, 0) is 11.8 Å². The average Bonchev–Trinajstić information content (AvgIpc) is 3.07. The van der Waals surface area contributed by atoms with Gasteiger partial charge in [-0.1, -0.05) is 0 Å². The molecule has 1 N–H and O–H groups in total. The lowest BCUT2D eigenvalue weighted by atomic mass is 10.0. The summed E-state index contributed by atoms with van der Waals surface area (Å²) in [6.45, 7) is 5.25. The van der Waals surface area contributed by atoms with Crippen molar-refractivity contribution in [1.29, 1.82) is 0 Å². The Morgan fingerprint density at radius 1 is 1.14 bits per heavy atom. The molecular formula is C20H27N7O2. The van der Waals surface area contributed by atoms with E-state index in [1.54, 1.807) is 34.1 Å². The zero-order chi connectivity index (χ0) is 20.4. The maximum atomic E-state index is 13.2. The minimum atomic E-state index is -0.135. The molecule has 4 heterocycles.